The molecule has 0 aromatic heterocycles. The summed E-state index contributed by atoms with van der Waals surface area (Å²) in [6.45, 7) is 8.91. The SMILES string of the molecule is CC1(C(=O)O)C=C(NC=O)C=N1.CCC(CCNC(=O)OC(C)(C)C)C(=O)O. The van der Waals surface area contributed by atoms with Crippen LogP contribution < -0.4 is 10.6 Å². The Bertz CT molecular complexity index is 638. The van der Waals surface area contributed by atoms with Gasteiger partial charge in [0.25, 0.3) is 0 Å². The average molecular weight is 399 g/mol. The number of alkyl carbamates (subject to hydrolysis) is 1. The van der Waals surface area contributed by atoms with Crippen molar-refractivity contribution < 1.29 is 34.1 Å². The number of carbonyl (C=O) groups is 4. The summed E-state index contributed by atoms with van der Waals surface area (Å²) < 4.78 is 5.02. The lowest BCUT2D eigenvalue weighted by Crippen LogP contribution is -2.34. The lowest BCUT2D eigenvalue weighted by Gasteiger charge is -2.20. The Morgan fingerprint density at radius 3 is 2.32 bits per heavy atom. The zero-order chi connectivity index (χ0) is 22.0. The maximum absolute atomic E-state index is 11.2. The second kappa shape index (κ2) is 11.1. The highest BCUT2D eigenvalue weighted by atomic mass is 16.6. The monoisotopic (exact) mass is 399 g/mol. The number of aliphatic imine (C=N–C) groups is 1. The van der Waals surface area contributed by atoms with Crippen molar-refractivity contribution in [3.63, 3.8) is 0 Å². The van der Waals surface area contributed by atoms with Crippen molar-refractivity contribution in [1.82, 2.24) is 10.6 Å². The minimum atomic E-state index is -1.23. The van der Waals surface area contributed by atoms with Crippen molar-refractivity contribution in [2.24, 2.45) is 10.9 Å². The minimum Gasteiger partial charge on any atom is -0.481 e. The van der Waals surface area contributed by atoms with Crippen LogP contribution in [0.3, 0.4) is 0 Å². The first-order valence-corrected chi connectivity index (χ1v) is 8.76. The van der Waals surface area contributed by atoms with Crippen LogP contribution >= 0.6 is 0 Å². The van der Waals surface area contributed by atoms with Gasteiger partial charge in [-0.25, -0.2) is 9.59 Å². The molecule has 1 rings (SSSR count). The Labute approximate surface area is 164 Å². The number of carboxylic acids is 2. The molecule has 158 valence electrons. The number of carbonyl (C=O) groups excluding carboxylic acids is 2. The van der Waals surface area contributed by atoms with Gasteiger partial charge >= 0.3 is 18.0 Å². The molecule has 0 aliphatic carbocycles. The van der Waals surface area contributed by atoms with E-state index in [0.717, 1.165) is 0 Å². The molecule has 0 aromatic carbocycles. The number of amides is 2. The third-order valence-corrected chi connectivity index (χ3v) is 3.57. The lowest BCUT2D eigenvalue weighted by molar-refractivity contribution is -0.142. The molecule has 4 N–H and O–H groups in total. The first-order chi connectivity index (χ1) is 12.8. The molecule has 1 aliphatic rings. The Hall–Kier alpha value is -2.91. The molecule has 0 saturated carbocycles. The Morgan fingerprint density at radius 1 is 1.32 bits per heavy atom. The topological polar surface area (TPSA) is 154 Å². The average Bonchev–Trinajstić information content (AvgIpc) is 2.93. The summed E-state index contributed by atoms with van der Waals surface area (Å²) >= 11 is 0. The molecule has 28 heavy (non-hydrogen) atoms. The smallest absolute Gasteiger partial charge is 0.407 e. The molecule has 0 bridgehead atoms. The van der Waals surface area contributed by atoms with E-state index in [-0.39, 0.29) is 0 Å². The number of allylic oxidation sites excluding steroid dienone is 1. The maximum Gasteiger partial charge on any atom is 0.407 e. The van der Waals surface area contributed by atoms with Crippen molar-refractivity contribution in [2.45, 2.75) is 58.6 Å². The van der Waals surface area contributed by atoms with Gasteiger partial charge in [-0.05, 0) is 46.6 Å². The first kappa shape index (κ1) is 25.1. The van der Waals surface area contributed by atoms with E-state index < -0.39 is 35.1 Å². The van der Waals surface area contributed by atoms with E-state index in [2.05, 4.69) is 15.6 Å². The molecule has 2 atom stereocenters. The molecule has 10 heteroatoms. The summed E-state index contributed by atoms with van der Waals surface area (Å²) in [6, 6.07) is 0. The Kier molecular flexibility index (Phi) is 9.90. The standard InChI is InChI=1S/C11H21NO4.C7H8N2O3/c1-5-8(9(13)14)6-7-12-10(15)16-11(2,3)4;1-7(6(11)12)2-5(3-9-7)8-4-10/h8H,5-7H2,1-4H3,(H,12,15)(H,13,14);2-4H,1H3,(H,8,10)(H,11,12). The van der Waals surface area contributed by atoms with Crippen molar-refractivity contribution in [1.29, 1.82) is 0 Å². The number of hydrogen-bond acceptors (Lipinski definition) is 6. The van der Waals surface area contributed by atoms with Gasteiger partial charge in [0.1, 0.15) is 5.60 Å². The molecule has 0 saturated heterocycles. The molecule has 2 unspecified atom stereocenters. The van der Waals surface area contributed by atoms with Gasteiger partial charge in [-0.3, -0.25) is 14.6 Å². The number of hydrogen-bond donors (Lipinski definition) is 4. The third-order valence-electron chi connectivity index (χ3n) is 3.57. The molecule has 0 radical (unpaired) electrons. The van der Waals surface area contributed by atoms with Gasteiger partial charge in [0.2, 0.25) is 6.41 Å². The predicted molar refractivity (Wildman–Crippen MR) is 102 cm³/mol. The lowest BCUT2D eigenvalue weighted by atomic mass is 10.0. The normalized spacial score (nSPS) is 18.8. The quantitative estimate of drug-likeness (QED) is 0.451. The van der Waals surface area contributed by atoms with Crippen molar-refractivity contribution in [2.75, 3.05) is 6.54 Å². The van der Waals surface area contributed by atoms with Gasteiger partial charge in [0.05, 0.1) is 11.6 Å². The van der Waals surface area contributed by atoms with Gasteiger partial charge < -0.3 is 25.6 Å². The molecule has 2 amide bonds. The summed E-state index contributed by atoms with van der Waals surface area (Å²) in [4.78, 5) is 46.2. The van der Waals surface area contributed by atoms with Crippen molar-refractivity contribution >= 4 is 30.7 Å². The van der Waals surface area contributed by atoms with E-state index in [1.54, 1.807) is 20.8 Å². The molecule has 10 nitrogen and oxygen atoms in total. The molecule has 0 fully saturated rings. The number of carboxylic acid groups (broad SMARTS) is 2. The molecular formula is C18H29N3O7. The fourth-order valence-electron chi connectivity index (χ4n) is 2.01. The molecule has 1 heterocycles. The van der Waals surface area contributed by atoms with Crippen LogP contribution in [0.2, 0.25) is 0 Å². The van der Waals surface area contributed by atoms with Crippen LogP contribution in [0.4, 0.5) is 4.79 Å². The van der Waals surface area contributed by atoms with Crippen molar-refractivity contribution in [3.05, 3.63) is 11.8 Å². The van der Waals surface area contributed by atoms with Crippen molar-refractivity contribution in [3.8, 4) is 0 Å². The van der Waals surface area contributed by atoms with E-state index in [4.69, 9.17) is 14.9 Å². The predicted octanol–water partition coefficient (Wildman–Crippen LogP) is 1.56. The zero-order valence-corrected chi connectivity index (χ0v) is 16.8. The molecule has 0 spiro atoms. The Morgan fingerprint density at radius 2 is 1.93 bits per heavy atom. The van der Waals surface area contributed by atoms with E-state index in [1.165, 1.54) is 19.2 Å². The maximum atomic E-state index is 11.2. The van der Waals surface area contributed by atoms with Gasteiger partial charge in [-0.1, -0.05) is 6.92 Å². The van der Waals surface area contributed by atoms with Crippen LogP contribution in [0.25, 0.3) is 0 Å². The van der Waals surface area contributed by atoms with E-state index in [0.29, 0.717) is 31.5 Å². The van der Waals surface area contributed by atoms with Gasteiger partial charge in [0, 0.05) is 12.8 Å². The highest BCUT2D eigenvalue weighted by Crippen LogP contribution is 2.18. The van der Waals surface area contributed by atoms with E-state index >= 15 is 0 Å². The minimum absolute atomic E-state index is 0.319. The number of nitrogens with one attached hydrogen (secondary N) is 2. The van der Waals surface area contributed by atoms with Crippen LogP contribution in [-0.4, -0.2) is 58.6 Å². The molecule has 1 aliphatic heterocycles. The highest BCUT2D eigenvalue weighted by Gasteiger charge is 2.33. The van der Waals surface area contributed by atoms with Gasteiger partial charge in [-0.15, -0.1) is 0 Å². The zero-order valence-electron chi connectivity index (χ0n) is 16.8. The van der Waals surface area contributed by atoms with E-state index in [9.17, 15) is 19.2 Å². The number of aliphatic carboxylic acids is 2. The first-order valence-electron chi connectivity index (χ1n) is 8.76. The summed E-state index contributed by atoms with van der Waals surface area (Å²) in [5.41, 5.74) is -1.35. The largest absolute Gasteiger partial charge is 0.481 e. The van der Waals surface area contributed by atoms with Crippen LogP contribution in [0, 0.1) is 5.92 Å². The summed E-state index contributed by atoms with van der Waals surface area (Å²) in [7, 11) is 0. The fourth-order valence-corrected chi connectivity index (χ4v) is 2.01. The number of nitrogens with zero attached hydrogens (tertiary/aromatic N) is 1. The number of ether oxygens (including phenoxy) is 1. The fraction of sp³-hybridized carbons (Fsp3) is 0.611. The van der Waals surface area contributed by atoms with Gasteiger partial charge in [-0.2, -0.15) is 0 Å². The Balaban J connectivity index is 0.000000540. The van der Waals surface area contributed by atoms with E-state index in [1.807, 2.05) is 6.92 Å². The van der Waals surface area contributed by atoms with Crippen LogP contribution in [-0.2, 0) is 19.1 Å². The summed E-state index contributed by atoms with van der Waals surface area (Å²) in [6.07, 6.45) is 3.65. The molecule has 0 aromatic rings. The van der Waals surface area contributed by atoms with Crippen LogP contribution in [0.5, 0.6) is 0 Å². The second-order valence-corrected chi connectivity index (χ2v) is 7.23. The summed E-state index contributed by atoms with van der Waals surface area (Å²) in [5.74, 6) is -2.27. The van der Waals surface area contributed by atoms with Crippen LogP contribution in [0.15, 0.2) is 16.8 Å². The number of rotatable bonds is 8. The third kappa shape index (κ3) is 9.70. The van der Waals surface area contributed by atoms with Gasteiger partial charge in [0.15, 0.2) is 5.54 Å². The van der Waals surface area contributed by atoms with Crippen LogP contribution in [0.1, 0.15) is 47.5 Å². The highest BCUT2D eigenvalue weighted by molar-refractivity contribution is 5.93. The molecular weight excluding hydrogens is 370 g/mol. The summed E-state index contributed by atoms with van der Waals surface area (Å²) in [5, 5.41) is 22.3. The second-order valence-electron chi connectivity index (χ2n) is 7.23.